The summed E-state index contributed by atoms with van der Waals surface area (Å²) < 4.78 is 0.560. The third-order valence-corrected chi connectivity index (χ3v) is 7.96. The first-order chi connectivity index (χ1) is 7.19. The molecular formula is C13H24S2. The van der Waals surface area contributed by atoms with Gasteiger partial charge in [-0.05, 0) is 37.5 Å². The minimum atomic E-state index is 0.560. The van der Waals surface area contributed by atoms with Crippen molar-refractivity contribution in [3.05, 3.63) is 0 Å². The molecule has 2 heteroatoms. The van der Waals surface area contributed by atoms with Crippen molar-refractivity contribution in [2.45, 2.75) is 50.5 Å². The maximum absolute atomic E-state index is 2.51. The zero-order valence-electron chi connectivity index (χ0n) is 10.3. The van der Waals surface area contributed by atoms with E-state index in [4.69, 9.17) is 0 Å². The van der Waals surface area contributed by atoms with Gasteiger partial charge in [0.15, 0.2) is 0 Å². The van der Waals surface area contributed by atoms with Crippen LogP contribution in [0.3, 0.4) is 0 Å². The molecule has 2 aliphatic rings. The summed E-state index contributed by atoms with van der Waals surface area (Å²) in [7, 11) is 0. The highest BCUT2D eigenvalue weighted by atomic mass is 32.2. The lowest BCUT2D eigenvalue weighted by atomic mass is 9.91. The molecule has 2 rings (SSSR count). The van der Waals surface area contributed by atoms with Crippen LogP contribution in [0.5, 0.6) is 0 Å². The largest absolute Gasteiger partial charge is 0.143 e. The van der Waals surface area contributed by atoms with Crippen LogP contribution in [-0.4, -0.2) is 15.6 Å². The van der Waals surface area contributed by atoms with Gasteiger partial charge in [-0.15, -0.1) is 23.5 Å². The highest BCUT2D eigenvalue weighted by molar-refractivity contribution is 8.21. The van der Waals surface area contributed by atoms with Crippen molar-refractivity contribution >= 4 is 23.5 Å². The van der Waals surface area contributed by atoms with Gasteiger partial charge in [-0.3, -0.25) is 0 Å². The highest BCUT2D eigenvalue weighted by Gasteiger charge is 2.46. The van der Waals surface area contributed by atoms with Crippen LogP contribution in [0.4, 0.5) is 0 Å². The Hall–Kier alpha value is 0.700. The van der Waals surface area contributed by atoms with Crippen LogP contribution in [0.2, 0.25) is 0 Å². The van der Waals surface area contributed by atoms with Crippen LogP contribution >= 0.6 is 23.5 Å². The third-order valence-electron chi connectivity index (χ3n) is 4.43. The minimum absolute atomic E-state index is 0.560. The van der Waals surface area contributed by atoms with Crippen LogP contribution in [0.15, 0.2) is 0 Å². The second kappa shape index (κ2) is 4.91. The van der Waals surface area contributed by atoms with Crippen molar-refractivity contribution in [2.24, 2.45) is 17.8 Å². The molecule has 88 valence electrons. The van der Waals surface area contributed by atoms with Crippen molar-refractivity contribution in [3.8, 4) is 0 Å². The summed E-state index contributed by atoms with van der Waals surface area (Å²) in [5, 5.41) is 0. The Morgan fingerprint density at radius 3 is 2.27 bits per heavy atom. The molecule has 2 fully saturated rings. The Balaban J connectivity index is 2.06. The van der Waals surface area contributed by atoms with E-state index in [1.807, 2.05) is 0 Å². The van der Waals surface area contributed by atoms with Gasteiger partial charge < -0.3 is 0 Å². The number of hydrogen-bond donors (Lipinski definition) is 0. The van der Waals surface area contributed by atoms with Crippen molar-refractivity contribution in [1.29, 1.82) is 0 Å². The lowest BCUT2D eigenvalue weighted by molar-refractivity contribution is 0.360. The first-order valence-corrected chi connectivity index (χ1v) is 8.44. The lowest BCUT2D eigenvalue weighted by Gasteiger charge is -2.33. The van der Waals surface area contributed by atoms with E-state index in [1.54, 1.807) is 0 Å². The Kier molecular flexibility index (Phi) is 3.98. The standard InChI is InChI=1S/C13H24S2/c1-4-10-8-11(5-2)12(9-10)13(3)14-6-7-15-13/h10-12H,4-9H2,1-3H3. The summed E-state index contributed by atoms with van der Waals surface area (Å²) in [5.74, 6) is 5.79. The Labute approximate surface area is 103 Å². The Morgan fingerprint density at radius 1 is 1.07 bits per heavy atom. The van der Waals surface area contributed by atoms with Crippen molar-refractivity contribution in [2.75, 3.05) is 11.5 Å². The number of thioether (sulfide) groups is 2. The van der Waals surface area contributed by atoms with Crippen LogP contribution in [-0.2, 0) is 0 Å². The van der Waals surface area contributed by atoms with Crippen LogP contribution in [0, 0.1) is 17.8 Å². The van der Waals surface area contributed by atoms with E-state index in [0.717, 1.165) is 17.8 Å². The van der Waals surface area contributed by atoms with Crippen LogP contribution in [0.25, 0.3) is 0 Å². The molecule has 1 saturated heterocycles. The fraction of sp³-hybridized carbons (Fsp3) is 1.00. The van der Waals surface area contributed by atoms with Gasteiger partial charge in [-0.1, -0.05) is 26.7 Å². The van der Waals surface area contributed by atoms with Gasteiger partial charge in [0.2, 0.25) is 0 Å². The predicted molar refractivity (Wildman–Crippen MR) is 73.6 cm³/mol. The first kappa shape index (κ1) is 12.2. The monoisotopic (exact) mass is 244 g/mol. The molecule has 15 heavy (non-hydrogen) atoms. The zero-order valence-corrected chi connectivity index (χ0v) is 11.9. The van der Waals surface area contributed by atoms with E-state index < -0.39 is 0 Å². The normalized spacial score (nSPS) is 39.8. The van der Waals surface area contributed by atoms with Gasteiger partial charge in [0.1, 0.15) is 0 Å². The summed E-state index contributed by atoms with van der Waals surface area (Å²) in [5.41, 5.74) is 0. The summed E-state index contributed by atoms with van der Waals surface area (Å²) in [6, 6.07) is 0. The predicted octanol–water partition coefficient (Wildman–Crippen LogP) is 4.65. The molecule has 1 heterocycles. The van der Waals surface area contributed by atoms with Gasteiger partial charge in [-0.25, -0.2) is 0 Å². The minimum Gasteiger partial charge on any atom is -0.143 e. The molecule has 3 atom stereocenters. The van der Waals surface area contributed by atoms with Gasteiger partial charge in [0.05, 0.1) is 4.08 Å². The zero-order chi connectivity index (χ0) is 10.9. The van der Waals surface area contributed by atoms with Crippen LogP contribution in [0.1, 0.15) is 46.5 Å². The summed E-state index contributed by atoms with van der Waals surface area (Å²) >= 11 is 4.47. The molecule has 0 aromatic carbocycles. The van der Waals surface area contributed by atoms with Gasteiger partial charge in [-0.2, -0.15) is 0 Å². The molecule has 1 aliphatic heterocycles. The van der Waals surface area contributed by atoms with E-state index in [-0.39, 0.29) is 0 Å². The molecule has 1 saturated carbocycles. The number of hydrogen-bond acceptors (Lipinski definition) is 2. The van der Waals surface area contributed by atoms with E-state index >= 15 is 0 Å². The third kappa shape index (κ3) is 2.36. The lowest BCUT2D eigenvalue weighted by Crippen LogP contribution is -2.28. The van der Waals surface area contributed by atoms with Crippen molar-refractivity contribution in [1.82, 2.24) is 0 Å². The van der Waals surface area contributed by atoms with E-state index in [9.17, 15) is 0 Å². The first-order valence-electron chi connectivity index (χ1n) is 6.47. The average molecular weight is 244 g/mol. The molecule has 3 unspecified atom stereocenters. The van der Waals surface area contributed by atoms with Crippen molar-refractivity contribution < 1.29 is 0 Å². The number of rotatable bonds is 3. The van der Waals surface area contributed by atoms with Gasteiger partial charge >= 0.3 is 0 Å². The quantitative estimate of drug-likeness (QED) is 0.709. The Morgan fingerprint density at radius 2 is 1.73 bits per heavy atom. The smallest absolute Gasteiger partial charge is 0.0614 e. The SMILES string of the molecule is CCC1CC(CC)C(C2(C)SCCS2)C1. The Bertz CT molecular complexity index is 209. The molecule has 0 nitrogen and oxygen atoms in total. The van der Waals surface area contributed by atoms with Gasteiger partial charge in [0, 0.05) is 11.5 Å². The fourth-order valence-electron chi connectivity index (χ4n) is 3.41. The second-order valence-electron chi connectivity index (χ2n) is 5.23. The molecule has 0 aromatic heterocycles. The summed E-state index contributed by atoms with van der Waals surface area (Å²) in [4.78, 5) is 0. The fourth-order valence-corrected chi connectivity index (χ4v) is 6.73. The highest BCUT2D eigenvalue weighted by Crippen LogP contribution is 2.57. The van der Waals surface area contributed by atoms with Crippen LogP contribution < -0.4 is 0 Å². The average Bonchev–Trinajstić information content (AvgIpc) is 2.84. The van der Waals surface area contributed by atoms with E-state index in [0.29, 0.717) is 4.08 Å². The molecule has 0 aromatic rings. The molecule has 0 bridgehead atoms. The van der Waals surface area contributed by atoms with Crippen molar-refractivity contribution in [3.63, 3.8) is 0 Å². The topological polar surface area (TPSA) is 0 Å². The van der Waals surface area contributed by atoms with E-state index in [2.05, 4.69) is 44.3 Å². The molecule has 0 amide bonds. The molecule has 0 spiro atoms. The maximum atomic E-state index is 2.51. The van der Waals surface area contributed by atoms with E-state index in [1.165, 1.54) is 37.2 Å². The van der Waals surface area contributed by atoms with Gasteiger partial charge in [0.25, 0.3) is 0 Å². The molecule has 0 radical (unpaired) electrons. The summed E-state index contributed by atoms with van der Waals surface area (Å²) in [6.45, 7) is 7.28. The molecule has 1 aliphatic carbocycles. The molecular weight excluding hydrogens is 220 g/mol. The molecule has 0 N–H and O–H groups in total. The second-order valence-corrected chi connectivity index (χ2v) is 8.58. The maximum Gasteiger partial charge on any atom is 0.0614 e. The summed E-state index contributed by atoms with van der Waals surface area (Å²) in [6.07, 6.45) is 5.82.